The summed E-state index contributed by atoms with van der Waals surface area (Å²) in [6.45, 7) is 0.813. The number of carbonyl (C=O) groups is 2. The molecule has 1 heterocycles. The van der Waals surface area contributed by atoms with E-state index in [0.29, 0.717) is 24.3 Å². The normalized spacial score (nSPS) is 22.9. The Kier molecular flexibility index (Phi) is 5.33. The largest absolute Gasteiger partial charge is 0.496 e. The lowest BCUT2D eigenvalue weighted by atomic mass is 10.0. The summed E-state index contributed by atoms with van der Waals surface area (Å²) in [4.78, 5) is 27.4. The van der Waals surface area contributed by atoms with Crippen molar-refractivity contribution in [3.63, 3.8) is 0 Å². The van der Waals surface area contributed by atoms with E-state index in [1.54, 1.807) is 7.11 Å². The number of fused-ring (bicyclic) bond motifs is 2. The summed E-state index contributed by atoms with van der Waals surface area (Å²) in [6.07, 6.45) is 3.07. The van der Waals surface area contributed by atoms with Crippen molar-refractivity contribution in [1.82, 2.24) is 10.2 Å². The lowest BCUT2D eigenvalue weighted by molar-refractivity contribution is -0.133. The van der Waals surface area contributed by atoms with Crippen molar-refractivity contribution in [2.45, 2.75) is 37.8 Å². The van der Waals surface area contributed by atoms with Gasteiger partial charge in [0.1, 0.15) is 5.75 Å². The number of nitrogens with one attached hydrogen (secondary N) is 1. The molecular formula is C23H26N2O3. The van der Waals surface area contributed by atoms with Crippen molar-refractivity contribution in [3.8, 4) is 5.75 Å². The Hall–Kier alpha value is -2.82. The number of piperidine rings is 1. The summed E-state index contributed by atoms with van der Waals surface area (Å²) in [7, 11) is 1.65. The van der Waals surface area contributed by atoms with E-state index in [4.69, 9.17) is 4.74 Å². The highest BCUT2D eigenvalue weighted by molar-refractivity contribution is 5.94. The summed E-state index contributed by atoms with van der Waals surface area (Å²) in [6, 6.07) is 17.3. The quantitative estimate of drug-likeness (QED) is 0.841. The lowest BCUT2D eigenvalue weighted by Crippen LogP contribution is -2.52. The number of hydrogen-bond acceptors (Lipinski definition) is 3. The molecule has 1 saturated carbocycles. The molecule has 3 atom stereocenters. The van der Waals surface area contributed by atoms with Crippen molar-refractivity contribution in [2.75, 3.05) is 13.7 Å². The van der Waals surface area contributed by atoms with Crippen molar-refractivity contribution < 1.29 is 14.3 Å². The van der Waals surface area contributed by atoms with Gasteiger partial charge in [-0.3, -0.25) is 9.59 Å². The molecule has 2 bridgehead atoms. The van der Waals surface area contributed by atoms with Gasteiger partial charge in [0.25, 0.3) is 5.91 Å². The Morgan fingerprint density at radius 1 is 1.07 bits per heavy atom. The van der Waals surface area contributed by atoms with Gasteiger partial charge in [-0.25, -0.2) is 0 Å². The average Bonchev–Trinajstić information content (AvgIpc) is 3.33. The number of aryl methyl sites for hydroxylation is 1. The van der Waals surface area contributed by atoms with Crippen LogP contribution in [0.2, 0.25) is 0 Å². The Bertz CT molecular complexity index is 852. The van der Waals surface area contributed by atoms with Crippen LogP contribution in [-0.2, 0) is 11.2 Å². The zero-order valence-corrected chi connectivity index (χ0v) is 16.1. The van der Waals surface area contributed by atoms with Crippen LogP contribution in [0.4, 0.5) is 0 Å². The predicted molar refractivity (Wildman–Crippen MR) is 107 cm³/mol. The predicted octanol–water partition coefficient (Wildman–Crippen LogP) is 3.05. The van der Waals surface area contributed by atoms with Gasteiger partial charge in [0.05, 0.1) is 13.2 Å². The highest BCUT2D eigenvalue weighted by atomic mass is 16.5. The minimum absolute atomic E-state index is 0.0432. The molecule has 1 saturated heterocycles. The Morgan fingerprint density at radius 3 is 2.57 bits per heavy atom. The van der Waals surface area contributed by atoms with Gasteiger partial charge in [-0.1, -0.05) is 36.4 Å². The fourth-order valence-corrected chi connectivity index (χ4v) is 4.60. The first kappa shape index (κ1) is 18.5. The van der Waals surface area contributed by atoms with Crippen LogP contribution in [0.15, 0.2) is 54.6 Å². The number of hydrogen-bond donors (Lipinski definition) is 1. The molecule has 2 aliphatic rings. The summed E-state index contributed by atoms with van der Waals surface area (Å²) in [5, 5.41) is 3.15. The molecule has 0 radical (unpaired) electrons. The van der Waals surface area contributed by atoms with E-state index < -0.39 is 0 Å². The van der Waals surface area contributed by atoms with Crippen LogP contribution in [0.5, 0.6) is 5.75 Å². The van der Waals surface area contributed by atoms with Crippen molar-refractivity contribution in [3.05, 3.63) is 65.7 Å². The van der Waals surface area contributed by atoms with Crippen molar-refractivity contribution in [1.29, 1.82) is 0 Å². The molecule has 1 N–H and O–H groups in total. The van der Waals surface area contributed by atoms with Gasteiger partial charge < -0.3 is 15.0 Å². The number of para-hydroxylation sites is 1. The maximum atomic E-state index is 12.9. The van der Waals surface area contributed by atoms with E-state index in [1.807, 2.05) is 59.5 Å². The van der Waals surface area contributed by atoms with Crippen LogP contribution >= 0.6 is 0 Å². The molecular weight excluding hydrogens is 352 g/mol. The van der Waals surface area contributed by atoms with Gasteiger partial charge in [0.2, 0.25) is 5.91 Å². The molecule has 5 nitrogen and oxygen atoms in total. The second-order valence-corrected chi connectivity index (χ2v) is 7.71. The molecule has 1 aliphatic heterocycles. The third-order valence-corrected chi connectivity index (χ3v) is 5.96. The van der Waals surface area contributed by atoms with Crippen molar-refractivity contribution >= 4 is 11.8 Å². The van der Waals surface area contributed by atoms with Crippen LogP contribution in [0.25, 0.3) is 0 Å². The van der Waals surface area contributed by atoms with E-state index >= 15 is 0 Å². The molecule has 28 heavy (non-hydrogen) atoms. The second kappa shape index (κ2) is 8.05. The fraction of sp³-hybridized carbons (Fsp3) is 0.391. The molecule has 4 rings (SSSR count). The Labute approximate surface area is 165 Å². The van der Waals surface area contributed by atoms with Gasteiger partial charge >= 0.3 is 0 Å². The maximum Gasteiger partial charge on any atom is 0.251 e. The van der Waals surface area contributed by atoms with Gasteiger partial charge in [-0.15, -0.1) is 0 Å². The molecule has 2 aromatic rings. The Balaban J connectivity index is 1.37. The van der Waals surface area contributed by atoms with Gasteiger partial charge in [0, 0.05) is 24.6 Å². The lowest BCUT2D eigenvalue weighted by Gasteiger charge is -2.34. The zero-order valence-electron chi connectivity index (χ0n) is 16.1. The van der Waals surface area contributed by atoms with Crippen LogP contribution < -0.4 is 10.1 Å². The molecule has 146 valence electrons. The maximum absolute atomic E-state index is 12.9. The highest BCUT2D eigenvalue weighted by Crippen LogP contribution is 2.38. The summed E-state index contributed by atoms with van der Waals surface area (Å²) in [5.41, 5.74) is 1.72. The first-order chi connectivity index (χ1) is 13.7. The molecule has 0 spiro atoms. The van der Waals surface area contributed by atoms with Gasteiger partial charge in [-0.2, -0.15) is 0 Å². The van der Waals surface area contributed by atoms with Crippen LogP contribution in [-0.4, -0.2) is 42.5 Å². The average molecular weight is 378 g/mol. The highest BCUT2D eigenvalue weighted by Gasteiger charge is 2.47. The number of amides is 2. The molecule has 2 aromatic carbocycles. The topological polar surface area (TPSA) is 58.6 Å². The van der Waals surface area contributed by atoms with E-state index in [0.717, 1.165) is 30.7 Å². The number of rotatable bonds is 6. The SMILES string of the molecule is COc1ccccc1CCC(=O)N1CC2CC(NC(=O)c3ccccc3)C1C2. The van der Waals surface area contributed by atoms with E-state index in [1.165, 1.54) is 0 Å². The fourth-order valence-electron chi connectivity index (χ4n) is 4.60. The van der Waals surface area contributed by atoms with Gasteiger partial charge in [-0.05, 0) is 48.9 Å². The van der Waals surface area contributed by atoms with Crippen LogP contribution in [0.1, 0.15) is 35.2 Å². The minimum Gasteiger partial charge on any atom is -0.496 e. The number of ether oxygens (including phenoxy) is 1. The second-order valence-electron chi connectivity index (χ2n) is 7.71. The van der Waals surface area contributed by atoms with E-state index in [2.05, 4.69) is 5.32 Å². The number of carbonyl (C=O) groups excluding carboxylic acids is 2. The summed E-state index contributed by atoms with van der Waals surface area (Å²) in [5.74, 6) is 1.42. The number of likely N-dealkylation sites (tertiary alicyclic amines) is 1. The van der Waals surface area contributed by atoms with Gasteiger partial charge in [0.15, 0.2) is 0 Å². The molecule has 1 aliphatic carbocycles. The monoisotopic (exact) mass is 378 g/mol. The summed E-state index contributed by atoms with van der Waals surface area (Å²) >= 11 is 0. The molecule has 2 fully saturated rings. The number of nitrogens with zero attached hydrogens (tertiary/aromatic N) is 1. The van der Waals surface area contributed by atoms with Crippen molar-refractivity contribution in [2.24, 2.45) is 5.92 Å². The van der Waals surface area contributed by atoms with Crippen LogP contribution in [0.3, 0.4) is 0 Å². The molecule has 3 unspecified atom stereocenters. The first-order valence-corrected chi connectivity index (χ1v) is 9.93. The molecule has 5 heteroatoms. The number of benzene rings is 2. The smallest absolute Gasteiger partial charge is 0.251 e. The zero-order chi connectivity index (χ0) is 19.5. The van der Waals surface area contributed by atoms with Crippen LogP contribution in [0, 0.1) is 5.92 Å². The summed E-state index contributed by atoms with van der Waals surface area (Å²) < 4.78 is 5.38. The Morgan fingerprint density at radius 2 is 1.82 bits per heavy atom. The third kappa shape index (κ3) is 3.75. The molecule has 2 amide bonds. The molecule has 0 aromatic heterocycles. The number of methoxy groups -OCH3 is 1. The minimum atomic E-state index is -0.0560. The van der Waals surface area contributed by atoms with E-state index in [9.17, 15) is 9.59 Å². The third-order valence-electron chi connectivity index (χ3n) is 5.96. The van der Waals surface area contributed by atoms with E-state index in [-0.39, 0.29) is 23.9 Å². The first-order valence-electron chi connectivity index (χ1n) is 9.93. The standard InChI is InChI=1S/C23H26N2O3/c1-28-21-10-6-5-7-17(21)11-12-22(26)25-15-16-13-19(20(25)14-16)24-23(27)18-8-3-2-4-9-18/h2-10,16,19-20H,11-15H2,1H3,(H,24,27).